The lowest BCUT2D eigenvalue weighted by Crippen LogP contribution is -2.20. The summed E-state index contributed by atoms with van der Waals surface area (Å²) in [6.45, 7) is -0.313. The molecule has 0 aliphatic carbocycles. The normalized spacial score (nSPS) is 10.0. The molecule has 0 fully saturated rings. The number of hydrogen-bond donors (Lipinski definition) is 2. The van der Waals surface area contributed by atoms with Crippen molar-refractivity contribution in [2.45, 2.75) is 0 Å². The van der Waals surface area contributed by atoms with Gasteiger partial charge < -0.3 is 15.8 Å². The minimum absolute atomic E-state index is 0.0243. The first-order chi connectivity index (χ1) is 11.4. The first kappa shape index (κ1) is 17.2. The number of nitro groups is 1. The van der Waals surface area contributed by atoms with Crippen LogP contribution in [0.4, 0.5) is 11.4 Å². The number of hydrogen-bond acceptors (Lipinski definition) is 5. The molecule has 0 atom stereocenters. The molecule has 3 N–H and O–H groups in total. The Balaban J connectivity index is 1.95. The van der Waals surface area contributed by atoms with Crippen molar-refractivity contribution in [1.29, 1.82) is 0 Å². The van der Waals surface area contributed by atoms with Crippen LogP contribution in [-0.4, -0.2) is 23.3 Å². The van der Waals surface area contributed by atoms with Crippen molar-refractivity contribution in [2.24, 2.45) is 5.73 Å². The van der Waals surface area contributed by atoms with Crippen molar-refractivity contribution in [3.05, 3.63) is 63.2 Å². The van der Waals surface area contributed by atoms with Gasteiger partial charge in [0.1, 0.15) is 10.8 Å². The fourth-order valence-electron chi connectivity index (χ4n) is 1.79. The van der Waals surface area contributed by atoms with Gasteiger partial charge in [0, 0.05) is 17.3 Å². The van der Waals surface area contributed by atoms with Crippen LogP contribution in [0.5, 0.6) is 5.75 Å². The van der Waals surface area contributed by atoms with Gasteiger partial charge in [0.2, 0.25) is 5.91 Å². The van der Waals surface area contributed by atoms with E-state index in [9.17, 15) is 19.7 Å². The number of nitrogens with two attached hydrogens (primary N) is 1. The van der Waals surface area contributed by atoms with E-state index in [2.05, 4.69) is 5.32 Å². The molecule has 0 bridgehead atoms. The van der Waals surface area contributed by atoms with Crippen LogP contribution in [0.3, 0.4) is 0 Å². The summed E-state index contributed by atoms with van der Waals surface area (Å²) in [5.74, 6) is -0.702. The highest BCUT2D eigenvalue weighted by Gasteiger charge is 2.14. The average molecular weight is 350 g/mol. The molecule has 2 rings (SSSR count). The molecule has 0 aromatic heterocycles. The zero-order chi connectivity index (χ0) is 17.7. The highest BCUT2D eigenvalue weighted by Crippen LogP contribution is 2.27. The Bertz CT molecular complexity index is 792. The van der Waals surface area contributed by atoms with Crippen LogP contribution in [0.15, 0.2) is 42.5 Å². The lowest BCUT2D eigenvalue weighted by Gasteiger charge is -2.08. The summed E-state index contributed by atoms with van der Waals surface area (Å²) in [5, 5.41) is 13.2. The second kappa shape index (κ2) is 7.42. The molecule has 2 amide bonds. The smallest absolute Gasteiger partial charge is 0.289 e. The predicted octanol–water partition coefficient (Wildman–Crippen LogP) is 2.36. The second-order valence-electron chi connectivity index (χ2n) is 4.65. The number of amides is 2. The summed E-state index contributed by atoms with van der Waals surface area (Å²) in [6.07, 6.45) is 0. The van der Waals surface area contributed by atoms with Crippen molar-refractivity contribution in [3.8, 4) is 5.75 Å². The summed E-state index contributed by atoms with van der Waals surface area (Å²) < 4.78 is 5.25. The fraction of sp³-hybridized carbons (Fsp3) is 0.0667. The Morgan fingerprint density at radius 2 is 1.88 bits per heavy atom. The molecule has 2 aromatic rings. The number of anilines is 1. The Morgan fingerprint density at radius 3 is 2.46 bits per heavy atom. The zero-order valence-corrected chi connectivity index (χ0v) is 12.9. The van der Waals surface area contributed by atoms with E-state index in [-0.39, 0.29) is 23.0 Å². The number of nitro benzene ring substituents is 1. The third kappa shape index (κ3) is 4.43. The molecule has 0 aliphatic heterocycles. The van der Waals surface area contributed by atoms with E-state index in [4.69, 9.17) is 22.1 Å². The van der Waals surface area contributed by atoms with E-state index in [0.717, 1.165) is 6.07 Å². The summed E-state index contributed by atoms with van der Waals surface area (Å²) >= 11 is 5.69. The number of halogens is 1. The van der Waals surface area contributed by atoms with E-state index >= 15 is 0 Å². The van der Waals surface area contributed by atoms with Gasteiger partial charge in [0.05, 0.1) is 4.92 Å². The van der Waals surface area contributed by atoms with Gasteiger partial charge in [-0.25, -0.2) is 0 Å². The number of rotatable bonds is 6. The van der Waals surface area contributed by atoms with Gasteiger partial charge >= 0.3 is 0 Å². The summed E-state index contributed by atoms with van der Waals surface area (Å²) in [7, 11) is 0. The van der Waals surface area contributed by atoms with Crippen LogP contribution in [-0.2, 0) is 4.79 Å². The largest absolute Gasteiger partial charge is 0.484 e. The maximum absolute atomic E-state index is 11.8. The SMILES string of the molecule is NC(=O)c1ccc(OCC(=O)Nc2ccc(Cl)c([N+](=O)[O-])c2)cc1. The maximum Gasteiger partial charge on any atom is 0.289 e. The number of benzene rings is 2. The summed E-state index contributed by atoms with van der Waals surface area (Å²) in [5.41, 5.74) is 5.35. The zero-order valence-electron chi connectivity index (χ0n) is 12.2. The van der Waals surface area contributed by atoms with Gasteiger partial charge in [-0.3, -0.25) is 19.7 Å². The Labute approximate surface area is 141 Å². The first-order valence-corrected chi connectivity index (χ1v) is 7.01. The van der Waals surface area contributed by atoms with Gasteiger partial charge in [0.15, 0.2) is 6.61 Å². The molecule has 9 heteroatoms. The van der Waals surface area contributed by atoms with Crippen molar-refractivity contribution in [3.63, 3.8) is 0 Å². The summed E-state index contributed by atoms with van der Waals surface area (Å²) in [4.78, 5) is 32.9. The number of primary amides is 1. The molecule has 0 aliphatic rings. The molecule has 24 heavy (non-hydrogen) atoms. The molecular formula is C15H12ClN3O5. The van der Waals surface area contributed by atoms with E-state index < -0.39 is 16.7 Å². The molecule has 2 aromatic carbocycles. The number of nitrogens with zero attached hydrogens (tertiary/aromatic N) is 1. The van der Waals surface area contributed by atoms with Crippen molar-refractivity contribution in [2.75, 3.05) is 11.9 Å². The minimum Gasteiger partial charge on any atom is -0.484 e. The molecular weight excluding hydrogens is 338 g/mol. The Hall–Kier alpha value is -3.13. The molecule has 0 heterocycles. The molecule has 0 radical (unpaired) electrons. The maximum atomic E-state index is 11.8. The Morgan fingerprint density at radius 1 is 1.21 bits per heavy atom. The second-order valence-corrected chi connectivity index (χ2v) is 5.06. The number of carbonyl (C=O) groups is 2. The average Bonchev–Trinajstić information content (AvgIpc) is 2.55. The predicted molar refractivity (Wildman–Crippen MR) is 87.2 cm³/mol. The lowest BCUT2D eigenvalue weighted by molar-refractivity contribution is -0.384. The summed E-state index contributed by atoms with van der Waals surface area (Å²) in [6, 6.07) is 9.85. The lowest BCUT2D eigenvalue weighted by atomic mass is 10.2. The van der Waals surface area contributed by atoms with Crippen molar-refractivity contribution >= 4 is 34.8 Å². The number of ether oxygens (including phenoxy) is 1. The topological polar surface area (TPSA) is 125 Å². The third-order valence-corrected chi connectivity index (χ3v) is 3.25. The monoisotopic (exact) mass is 349 g/mol. The van der Waals surface area contributed by atoms with Crippen molar-refractivity contribution < 1.29 is 19.2 Å². The standard InChI is InChI=1S/C15H12ClN3O5/c16-12-6-3-10(7-13(12)19(22)23)18-14(20)8-24-11-4-1-9(2-5-11)15(17)21/h1-7H,8H2,(H2,17,21)(H,18,20). The highest BCUT2D eigenvalue weighted by atomic mass is 35.5. The number of carbonyl (C=O) groups excluding carboxylic acids is 2. The van der Waals surface area contributed by atoms with Gasteiger partial charge in [-0.2, -0.15) is 0 Å². The van der Waals surface area contributed by atoms with Gasteiger partial charge in [-0.05, 0) is 36.4 Å². The number of nitrogens with one attached hydrogen (secondary N) is 1. The van der Waals surface area contributed by atoms with Crippen LogP contribution in [0.2, 0.25) is 5.02 Å². The molecule has 0 saturated carbocycles. The third-order valence-electron chi connectivity index (χ3n) is 2.94. The van der Waals surface area contributed by atoms with Gasteiger partial charge in [0.25, 0.3) is 11.6 Å². The van der Waals surface area contributed by atoms with E-state index in [0.29, 0.717) is 11.3 Å². The van der Waals surface area contributed by atoms with Crippen molar-refractivity contribution in [1.82, 2.24) is 0 Å². The highest BCUT2D eigenvalue weighted by molar-refractivity contribution is 6.32. The Kier molecular flexibility index (Phi) is 5.33. The van der Waals surface area contributed by atoms with E-state index in [1.807, 2.05) is 0 Å². The quantitative estimate of drug-likeness (QED) is 0.611. The van der Waals surface area contributed by atoms with Crippen LogP contribution in [0.1, 0.15) is 10.4 Å². The van der Waals surface area contributed by atoms with Gasteiger partial charge in [-0.1, -0.05) is 11.6 Å². The molecule has 0 saturated heterocycles. The molecule has 124 valence electrons. The van der Waals surface area contributed by atoms with Crippen LogP contribution < -0.4 is 15.8 Å². The molecule has 8 nitrogen and oxygen atoms in total. The van der Waals surface area contributed by atoms with E-state index in [1.54, 1.807) is 0 Å². The molecule has 0 spiro atoms. The first-order valence-electron chi connectivity index (χ1n) is 6.63. The minimum atomic E-state index is -0.644. The van der Waals surface area contributed by atoms with Crippen LogP contribution >= 0.6 is 11.6 Å². The van der Waals surface area contributed by atoms with Crippen LogP contribution in [0, 0.1) is 10.1 Å². The van der Waals surface area contributed by atoms with Gasteiger partial charge in [-0.15, -0.1) is 0 Å². The fourth-order valence-corrected chi connectivity index (χ4v) is 1.98. The van der Waals surface area contributed by atoms with E-state index in [1.165, 1.54) is 36.4 Å². The van der Waals surface area contributed by atoms with Crippen LogP contribution in [0.25, 0.3) is 0 Å². The molecule has 0 unspecified atom stereocenters.